The fourth-order valence-corrected chi connectivity index (χ4v) is 3.60. The number of guanidine groups is 1. The van der Waals surface area contributed by atoms with Gasteiger partial charge in [0.05, 0.1) is 23.6 Å². The lowest BCUT2D eigenvalue weighted by molar-refractivity contribution is -0.149. The van der Waals surface area contributed by atoms with Crippen LogP contribution in [0, 0.1) is 5.92 Å². The van der Waals surface area contributed by atoms with Crippen molar-refractivity contribution >= 4 is 46.9 Å². The van der Waals surface area contributed by atoms with Crippen LogP contribution in [0.4, 0.5) is 0 Å². The predicted molar refractivity (Wildman–Crippen MR) is 127 cm³/mol. The zero-order valence-electron chi connectivity index (χ0n) is 17.3. The zero-order valence-corrected chi connectivity index (χ0v) is 19.6. The number of fused-ring (bicyclic) bond motifs is 1. The summed E-state index contributed by atoms with van der Waals surface area (Å²) in [4.78, 5) is 27.1. The maximum atomic E-state index is 12.1. The molecular weight excluding hydrogens is 481 g/mol. The van der Waals surface area contributed by atoms with Crippen LogP contribution in [0.15, 0.2) is 29.3 Å². The molecule has 0 aliphatic carbocycles. The average molecular weight is 513 g/mol. The minimum absolute atomic E-state index is 0. The van der Waals surface area contributed by atoms with Gasteiger partial charge < -0.3 is 19.9 Å². The van der Waals surface area contributed by atoms with Gasteiger partial charge in [-0.2, -0.15) is 0 Å². The molecule has 1 saturated heterocycles. The SMILES string of the molecule is CCNC(=NCCCc1nc2ccccc2[nH]1)N1CCCC(C(=O)OCC)C1.I. The standard InChI is InChI=1S/C21H31N5O2.HI/c1-3-22-21(26-14-8-9-16(15-26)20(27)28-4-2)23-13-7-12-19-24-17-10-5-6-11-18(17)25-19;/h5-6,10-11,16H,3-4,7-9,12-15H2,1-2H3,(H,22,23)(H,24,25);1H. The Kier molecular flexibility index (Phi) is 9.69. The molecule has 8 heteroatoms. The second-order valence-electron chi connectivity index (χ2n) is 7.08. The van der Waals surface area contributed by atoms with Gasteiger partial charge in [0.25, 0.3) is 0 Å². The summed E-state index contributed by atoms with van der Waals surface area (Å²) in [6.07, 6.45) is 3.65. The van der Waals surface area contributed by atoms with E-state index < -0.39 is 0 Å². The molecule has 3 rings (SSSR count). The number of benzene rings is 1. The molecule has 1 aromatic heterocycles. The number of para-hydroxylation sites is 2. The largest absolute Gasteiger partial charge is 0.466 e. The molecule has 2 heterocycles. The zero-order chi connectivity index (χ0) is 19.8. The number of rotatable bonds is 7. The van der Waals surface area contributed by atoms with Gasteiger partial charge >= 0.3 is 5.97 Å². The van der Waals surface area contributed by atoms with E-state index in [9.17, 15) is 4.79 Å². The number of hydrogen-bond donors (Lipinski definition) is 2. The van der Waals surface area contributed by atoms with E-state index in [1.165, 1.54) is 0 Å². The van der Waals surface area contributed by atoms with Crippen molar-refractivity contribution in [3.63, 3.8) is 0 Å². The number of carbonyl (C=O) groups is 1. The molecule has 0 radical (unpaired) electrons. The number of nitrogens with one attached hydrogen (secondary N) is 2. The predicted octanol–water partition coefficient (Wildman–Crippen LogP) is 3.35. The highest BCUT2D eigenvalue weighted by Crippen LogP contribution is 2.18. The van der Waals surface area contributed by atoms with Gasteiger partial charge in [0.1, 0.15) is 5.82 Å². The number of hydrogen-bond acceptors (Lipinski definition) is 4. The number of imidazole rings is 1. The molecule has 7 nitrogen and oxygen atoms in total. The highest BCUT2D eigenvalue weighted by atomic mass is 127. The molecule has 0 spiro atoms. The first-order valence-electron chi connectivity index (χ1n) is 10.3. The Balaban J connectivity index is 0.00000300. The summed E-state index contributed by atoms with van der Waals surface area (Å²) in [5, 5.41) is 3.36. The van der Waals surface area contributed by atoms with E-state index in [0.29, 0.717) is 13.2 Å². The van der Waals surface area contributed by atoms with Gasteiger partial charge in [-0.15, -0.1) is 24.0 Å². The number of aromatic nitrogens is 2. The molecule has 160 valence electrons. The maximum Gasteiger partial charge on any atom is 0.310 e. The molecule has 1 aromatic carbocycles. The van der Waals surface area contributed by atoms with Gasteiger partial charge in [-0.1, -0.05) is 12.1 Å². The van der Waals surface area contributed by atoms with Crippen LogP contribution in [0.1, 0.15) is 38.9 Å². The minimum Gasteiger partial charge on any atom is -0.466 e. The van der Waals surface area contributed by atoms with Crippen molar-refractivity contribution in [3.05, 3.63) is 30.1 Å². The fourth-order valence-electron chi connectivity index (χ4n) is 3.60. The van der Waals surface area contributed by atoms with Crippen molar-refractivity contribution < 1.29 is 9.53 Å². The van der Waals surface area contributed by atoms with E-state index in [-0.39, 0.29) is 35.9 Å². The molecule has 1 atom stereocenters. The number of ether oxygens (including phenoxy) is 1. The normalized spacial score (nSPS) is 17.1. The number of piperidine rings is 1. The molecule has 1 aliphatic rings. The molecule has 29 heavy (non-hydrogen) atoms. The van der Waals surface area contributed by atoms with Crippen LogP contribution in [0.5, 0.6) is 0 Å². The van der Waals surface area contributed by atoms with Crippen molar-refractivity contribution in [2.75, 3.05) is 32.8 Å². The van der Waals surface area contributed by atoms with Gasteiger partial charge in [-0.3, -0.25) is 9.79 Å². The lowest BCUT2D eigenvalue weighted by Crippen LogP contribution is -2.48. The Bertz CT molecular complexity index is 774. The highest BCUT2D eigenvalue weighted by Gasteiger charge is 2.28. The quantitative estimate of drug-likeness (QED) is 0.195. The van der Waals surface area contributed by atoms with Crippen molar-refractivity contribution in [3.8, 4) is 0 Å². The number of likely N-dealkylation sites (tertiary alicyclic amines) is 1. The highest BCUT2D eigenvalue weighted by molar-refractivity contribution is 14.0. The summed E-state index contributed by atoms with van der Waals surface area (Å²) in [6, 6.07) is 8.08. The summed E-state index contributed by atoms with van der Waals surface area (Å²) in [6.45, 7) is 7.48. The Hall–Kier alpha value is -1.84. The Morgan fingerprint density at radius 1 is 1.38 bits per heavy atom. The molecule has 0 saturated carbocycles. The maximum absolute atomic E-state index is 12.1. The van der Waals surface area contributed by atoms with E-state index in [4.69, 9.17) is 9.73 Å². The second-order valence-corrected chi connectivity index (χ2v) is 7.08. The van der Waals surface area contributed by atoms with Crippen LogP contribution in [0.2, 0.25) is 0 Å². The number of aliphatic imine (C=N–C) groups is 1. The van der Waals surface area contributed by atoms with Crippen LogP contribution in [-0.2, 0) is 16.0 Å². The molecule has 2 aromatic rings. The van der Waals surface area contributed by atoms with E-state index in [2.05, 4.69) is 27.1 Å². The van der Waals surface area contributed by atoms with Gasteiger partial charge in [-0.25, -0.2) is 4.98 Å². The molecule has 1 unspecified atom stereocenters. The fraction of sp³-hybridized carbons (Fsp3) is 0.571. The topological polar surface area (TPSA) is 82.6 Å². The minimum atomic E-state index is -0.0899. The molecule has 2 N–H and O–H groups in total. The number of nitrogens with zero attached hydrogens (tertiary/aromatic N) is 3. The number of aromatic amines is 1. The lowest BCUT2D eigenvalue weighted by atomic mass is 9.98. The Morgan fingerprint density at radius 2 is 2.21 bits per heavy atom. The second kappa shape index (κ2) is 12.0. The van der Waals surface area contributed by atoms with E-state index in [1.807, 2.05) is 31.2 Å². The van der Waals surface area contributed by atoms with Crippen LogP contribution < -0.4 is 5.32 Å². The number of carbonyl (C=O) groups excluding carboxylic acids is 1. The number of esters is 1. The Labute approximate surface area is 189 Å². The van der Waals surface area contributed by atoms with Crippen molar-refractivity contribution in [1.82, 2.24) is 20.2 Å². The van der Waals surface area contributed by atoms with Gasteiger partial charge in [0.15, 0.2) is 5.96 Å². The molecule has 0 bridgehead atoms. The van der Waals surface area contributed by atoms with Crippen molar-refractivity contribution in [1.29, 1.82) is 0 Å². The average Bonchev–Trinajstić information content (AvgIpc) is 3.13. The van der Waals surface area contributed by atoms with Crippen LogP contribution in [0.25, 0.3) is 11.0 Å². The molecular formula is C21H32IN5O2. The summed E-state index contributed by atoms with van der Waals surface area (Å²) < 4.78 is 5.21. The molecule has 1 fully saturated rings. The lowest BCUT2D eigenvalue weighted by Gasteiger charge is -2.34. The van der Waals surface area contributed by atoms with Crippen molar-refractivity contribution in [2.45, 2.75) is 39.5 Å². The number of aryl methyl sites for hydroxylation is 1. The van der Waals surface area contributed by atoms with Crippen LogP contribution >= 0.6 is 24.0 Å². The van der Waals surface area contributed by atoms with E-state index >= 15 is 0 Å². The molecule has 1 aliphatic heterocycles. The van der Waals surface area contributed by atoms with E-state index in [0.717, 1.165) is 68.1 Å². The number of H-pyrrole nitrogens is 1. The van der Waals surface area contributed by atoms with Crippen molar-refractivity contribution in [2.24, 2.45) is 10.9 Å². The van der Waals surface area contributed by atoms with Gasteiger partial charge in [0, 0.05) is 32.6 Å². The van der Waals surface area contributed by atoms with E-state index in [1.54, 1.807) is 0 Å². The number of halogens is 1. The summed E-state index contributed by atoms with van der Waals surface area (Å²) in [7, 11) is 0. The third-order valence-electron chi connectivity index (χ3n) is 4.95. The van der Waals surface area contributed by atoms with Crippen LogP contribution in [0.3, 0.4) is 0 Å². The summed E-state index contributed by atoms with van der Waals surface area (Å²) >= 11 is 0. The summed E-state index contributed by atoms with van der Waals surface area (Å²) in [5.74, 6) is 1.74. The van der Waals surface area contributed by atoms with Gasteiger partial charge in [0.2, 0.25) is 0 Å². The van der Waals surface area contributed by atoms with Crippen LogP contribution in [-0.4, -0.2) is 59.6 Å². The third kappa shape index (κ3) is 6.58. The Morgan fingerprint density at radius 3 is 2.97 bits per heavy atom. The third-order valence-corrected chi connectivity index (χ3v) is 4.95. The summed E-state index contributed by atoms with van der Waals surface area (Å²) in [5.41, 5.74) is 2.08. The monoisotopic (exact) mass is 513 g/mol. The first-order chi connectivity index (χ1) is 13.7. The first kappa shape index (κ1) is 23.4. The molecule has 0 amide bonds. The smallest absolute Gasteiger partial charge is 0.310 e. The van der Waals surface area contributed by atoms with Gasteiger partial charge in [-0.05, 0) is 45.2 Å². The first-order valence-corrected chi connectivity index (χ1v) is 10.3.